The lowest BCUT2D eigenvalue weighted by Crippen LogP contribution is -2.23. The van der Waals surface area contributed by atoms with Crippen molar-refractivity contribution in [1.29, 1.82) is 0 Å². The highest BCUT2D eigenvalue weighted by Gasteiger charge is 2.18. The fourth-order valence-electron chi connectivity index (χ4n) is 1.59. The Morgan fingerprint density at radius 1 is 1.29 bits per heavy atom. The fraction of sp³-hybridized carbons (Fsp3) is 0.538. The normalized spacial score (nSPS) is 14.6. The van der Waals surface area contributed by atoms with Gasteiger partial charge in [-0.25, -0.2) is 9.59 Å². The van der Waals surface area contributed by atoms with Gasteiger partial charge in [-0.15, -0.1) is 0 Å². The number of aliphatic carboxylic acids is 1. The molecule has 0 aliphatic rings. The molecular formula is C13H20O4. The number of hydrogen-bond acceptors (Lipinski definition) is 3. The number of ether oxygens (including phenoxy) is 1. The first-order valence-corrected chi connectivity index (χ1v) is 5.61. The van der Waals surface area contributed by atoms with Gasteiger partial charge in [0.25, 0.3) is 0 Å². The third-order valence-corrected chi connectivity index (χ3v) is 2.25. The zero-order chi connectivity index (χ0) is 13.4. The highest BCUT2D eigenvalue weighted by molar-refractivity contribution is 5.90. The van der Waals surface area contributed by atoms with Crippen molar-refractivity contribution in [1.82, 2.24) is 0 Å². The van der Waals surface area contributed by atoms with Gasteiger partial charge in [0.1, 0.15) is 6.10 Å². The number of hydrogen-bond donors (Lipinski definition) is 1. The van der Waals surface area contributed by atoms with Crippen molar-refractivity contribution in [2.75, 3.05) is 0 Å². The van der Waals surface area contributed by atoms with E-state index < -0.39 is 11.9 Å². The average molecular weight is 240 g/mol. The van der Waals surface area contributed by atoms with Gasteiger partial charge in [-0.05, 0) is 18.3 Å². The molecule has 0 amide bonds. The lowest BCUT2D eigenvalue weighted by atomic mass is 9.94. The van der Waals surface area contributed by atoms with Crippen LogP contribution in [0.15, 0.2) is 24.8 Å². The van der Waals surface area contributed by atoms with E-state index in [0.717, 1.165) is 18.6 Å². The van der Waals surface area contributed by atoms with Gasteiger partial charge in [0.2, 0.25) is 0 Å². The van der Waals surface area contributed by atoms with Crippen LogP contribution in [-0.4, -0.2) is 23.1 Å². The summed E-state index contributed by atoms with van der Waals surface area (Å²) < 4.78 is 5.11. The summed E-state index contributed by atoms with van der Waals surface area (Å²) in [5, 5.41) is 8.37. The van der Waals surface area contributed by atoms with Crippen LogP contribution in [0.1, 0.15) is 27.2 Å². The van der Waals surface area contributed by atoms with E-state index in [-0.39, 0.29) is 12.0 Å². The number of esters is 1. The van der Waals surface area contributed by atoms with Crippen LogP contribution >= 0.6 is 0 Å². The Labute approximate surface area is 102 Å². The zero-order valence-electron chi connectivity index (χ0n) is 10.6. The summed E-state index contributed by atoms with van der Waals surface area (Å²) in [6.07, 6.45) is 3.76. The van der Waals surface area contributed by atoms with Crippen LogP contribution < -0.4 is 0 Å². The number of carboxylic acids is 1. The molecule has 4 heteroatoms. The van der Waals surface area contributed by atoms with Gasteiger partial charge >= 0.3 is 11.9 Å². The van der Waals surface area contributed by atoms with Gasteiger partial charge in [0, 0.05) is 12.2 Å². The lowest BCUT2D eigenvalue weighted by Gasteiger charge is -2.21. The van der Waals surface area contributed by atoms with E-state index in [1.165, 1.54) is 0 Å². The smallest absolute Gasteiger partial charge is 0.331 e. The van der Waals surface area contributed by atoms with E-state index in [0.29, 0.717) is 5.92 Å². The van der Waals surface area contributed by atoms with Crippen molar-refractivity contribution in [3.8, 4) is 0 Å². The molecule has 0 rings (SSSR count). The molecule has 0 fully saturated rings. The first-order valence-electron chi connectivity index (χ1n) is 5.61. The minimum absolute atomic E-state index is 0.162. The van der Waals surface area contributed by atoms with E-state index in [9.17, 15) is 9.59 Å². The van der Waals surface area contributed by atoms with Crippen molar-refractivity contribution >= 4 is 11.9 Å². The Kier molecular flexibility index (Phi) is 6.94. The third-order valence-electron chi connectivity index (χ3n) is 2.25. The summed E-state index contributed by atoms with van der Waals surface area (Å²) in [5.41, 5.74) is 0. The molecule has 0 bridgehead atoms. The maximum absolute atomic E-state index is 11.3. The van der Waals surface area contributed by atoms with E-state index in [1.54, 1.807) is 6.08 Å². The molecule has 0 radical (unpaired) electrons. The van der Waals surface area contributed by atoms with Gasteiger partial charge in [-0.2, -0.15) is 0 Å². The molecule has 2 unspecified atom stereocenters. The molecule has 0 aromatic carbocycles. The number of carbonyl (C=O) groups is 2. The van der Waals surface area contributed by atoms with E-state index in [4.69, 9.17) is 9.84 Å². The van der Waals surface area contributed by atoms with Crippen LogP contribution in [0.3, 0.4) is 0 Å². The van der Waals surface area contributed by atoms with Crippen molar-refractivity contribution < 1.29 is 19.4 Å². The Bertz CT molecular complexity index is 305. The molecule has 17 heavy (non-hydrogen) atoms. The van der Waals surface area contributed by atoms with Crippen LogP contribution in [-0.2, 0) is 14.3 Å². The Morgan fingerprint density at radius 2 is 1.88 bits per heavy atom. The molecule has 2 atom stereocenters. The van der Waals surface area contributed by atoms with E-state index in [2.05, 4.69) is 20.4 Å². The molecule has 96 valence electrons. The maximum atomic E-state index is 11.3. The molecule has 0 saturated carbocycles. The third kappa shape index (κ3) is 7.33. The molecule has 0 saturated heterocycles. The van der Waals surface area contributed by atoms with Gasteiger partial charge in [0.15, 0.2) is 0 Å². The summed E-state index contributed by atoms with van der Waals surface area (Å²) in [4.78, 5) is 21.5. The second-order valence-corrected chi connectivity index (χ2v) is 4.42. The summed E-state index contributed by atoms with van der Waals surface area (Å²) in [6.45, 7) is 9.77. The zero-order valence-corrected chi connectivity index (χ0v) is 10.6. The summed E-state index contributed by atoms with van der Waals surface area (Å²) in [7, 11) is 0. The molecule has 0 spiro atoms. The topological polar surface area (TPSA) is 63.6 Å². The molecule has 0 aromatic rings. The Morgan fingerprint density at radius 3 is 2.29 bits per heavy atom. The minimum Gasteiger partial charge on any atom is -0.478 e. The van der Waals surface area contributed by atoms with E-state index in [1.807, 2.05) is 6.92 Å². The molecule has 0 aromatic heterocycles. The first kappa shape index (κ1) is 15.4. The predicted molar refractivity (Wildman–Crippen MR) is 65.5 cm³/mol. The van der Waals surface area contributed by atoms with Crippen LogP contribution in [0.5, 0.6) is 0 Å². The number of rotatable bonds is 7. The highest BCUT2D eigenvalue weighted by atomic mass is 16.5. The quantitative estimate of drug-likeness (QED) is 0.421. The Hall–Kier alpha value is -1.58. The summed E-state index contributed by atoms with van der Waals surface area (Å²) in [6, 6.07) is 0. The maximum Gasteiger partial charge on any atom is 0.331 e. The fourth-order valence-corrected chi connectivity index (χ4v) is 1.59. The van der Waals surface area contributed by atoms with Crippen LogP contribution in [0.4, 0.5) is 0 Å². The standard InChI is InChI=1S/C13H20O4/c1-5-11(10(4)8-9(2)3)17-13(16)7-6-12(14)15/h5-7,9-11H,1,8H2,2-4H3,(H,14,15)/b7-6+. The number of carbonyl (C=O) groups excluding carboxylic acids is 1. The predicted octanol–water partition coefficient (Wildman–Crippen LogP) is 2.41. The van der Waals surface area contributed by atoms with Crippen molar-refractivity contribution in [2.24, 2.45) is 11.8 Å². The van der Waals surface area contributed by atoms with Crippen molar-refractivity contribution in [3.05, 3.63) is 24.8 Å². The van der Waals surface area contributed by atoms with Crippen LogP contribution in [0.2, 0.25) is 0 Å². The lowest BCUT2D eigenvalue weighted by molar-refractivity contribution is -0.143. The Balaban J connectivity index is 4.34. The molecule has 4 nitrogen and oxygen atoms in total. The van der Waals surface area contributed by atoms with Crippen molar-refractivity contribution in [2.45, 2.75) is 33.3 Å². The summed E-state index contributed by atoms with van der Waals surface area (Å²) in [5.74, 6) is -1.17. The molecule has 1 N–H and O–H groups in total. The second kappa shape index (κ2) is 7.65. The average Bonchev–Trinajstić information content (AvgIpc) is 2.21. The number of carboxylic acid groups (broad SMARTS) is 1. The first-order chi connectivity index (χ1) is 7.86. The second-order valence-electron chi connectivity index (χ2n) is 4.42. The van der Waals surface area contributed by atoms with Crippen LogP contribution in [0.25, 0.3) is 0 Å². The molecule has 0 heterocycles. The van der Waals surface area contributed by atoms with Gasteiger partial charge in [-0.1, -0.05) is 33.4 Å². The van der Waals surface area contributed by atoms with Gasteiger partial charge < -0.3 is 9.84 Å². The van der Waals surface area contributed by atoms with Crippen molar-refractivity contribution in [3.63, 3.8) is 0 Å². The molecule has 0 aliphatic heterocycles. The highest BCUT2D eigenvalue weighted by Crippen LogP contribution is 2.18. The van der Waals surface area contributed by atoms with Gasteiger partial charge in [-0.3, -0.25) is 0 Å². The van der Waals surface area contributed by atoms with E-state index >= 15 is 0 Å². The monoisotopic (exact) mass is 240 g/mol. The largest absolute Gasteiger partial charge is 0.478 e. The molecule has 0 aliphatic carbocycles. The minimum atomic E-state index is -1.17. The SMILES string of the molecule is C=CC(OC(=O)/C=C/C(=O)O)C(C)CC(C)C. The summed E-state index contributed by atoms with van der Waals surface area (Å²) >= 11 is 0. The van der Waals surface area contributed by atoms with Crippen LogP contribution in [0, 0.1) is 11.8 Å². The molecular weight excluding hydrogens is 220 g/mol. The van der Waals surface area contributed by atoms with Gasteiger partial charge in [0.05, 0.1) is 0 Å².